The summed E-state index contributed by atoms with van der Waals surface area (Å²) in [4.78, 5) is 22.5. The van der Waals surface area contributed by atoms with Gasteiger partial charge in [-0.1, -0.05) is 57.6 Å². The van der Waals surface area contributed by atoms with Crippen LogP contribution in [0.3, 0.4) is 0 Å². The maximum Gasteiger partial charge on any atom is 0.303 e. The van der Waals surface area contributed by atoms with Crippen LogP contribution in [0.5, 0.6) is 0 Å². The van der Waals surface area contributed by atoms with Crippen molar-refractivity contribution in [3.63, 3.8) is 0 Å². The third-order valence-electron chi connectivity index (χ3n) is 4.99. The lowest BCUT2D eigenvalue weighted by Crippen LogP contribution is -2.14. The standard InChI is InChI=1S/C20H34O4/c1-2-3-6-9-17(21)14-12-16-13-15-19(22)18(16)10-7-4-5-8-11-20(23)24/h12,14,16-18,21H,2-11,13,15H2,1H3,(H,23,24)/b14-12+/t16-,17?,18+/m0/s1. The number of aliphatic carboxylic acids is 1. The summed E-state index contributed by atoms with van der Waals surface area (Å²) < 4.78 is 0. The number of carbonyl (C=O) groups is 2. The van der Waals surface area contributed by atoms with E-state index in [0.29, 0.717) is 12.2 Å². The van der Waals surface area contributed by atoms with Crippen molar-refractivity contribution in [1.82, 2.24) is 0 Å². The largest absolute Gasteiger partial charge is 0.481 e. The average molecular weight is 338 g/mol. The third-order valence-corrected chi connectivity index (χ3v) is 4.99. The van der Waals surface area contributed by atoms with Gasteiger partial charge in [0.2, 0.25) is 0 Å². The molecule has 4 heteroatoms. The van der Waals surface area contributed by atoms with E-state index in [9.17, 15) is 14.7 Å². The van der Waals surface area contributed by atoms with E-state index < -0.39 is 5.97 Å². The fourth-order valence-corrected chi connectivity index (χ4v) is 3.50. The maximum atomic E-state index is 12.1. The van der Waals surface area contributed by atoms with E-state index in [4.69, 9.17) is 5.11 Å². The fourth-order valence-electron chi connectivity index (χ4n) is 3.50. The number of carboxylic acid groups (broad SMARTS) is 1. The van der Waals surface area contributed by atoms with Gasteiger partial charge in [0.1, 0.15) is 5.78 Å². The monoisotopic (exact) mass is 338 g/mol. The third kappa shape index (κ3) is 8.62. The summed E-state index contributed by atoms with van der Waals surface area (Å²) in [6.07, 6.45) is 14.0. The highest BCUT2D eigenvalue weighted by Gasteiger charge is 2.32. The first-order chi connectivity index (χ1) is 11.5. The average Bonchev–Trinajstić information content (AvgIpc) is 2.89. The van der Waals surface area contributed by atoms with Crippen LogP contribution in [0.1, 0.15) is 84.0 Å². The second kappa shape index (κ2) is 12.2. The normalized spacial score (nSPS) is 22.3. The summed E-state index contributed by atoms with van der Waals surface area (Å²) in [5.74, 6) is 0.000218. The Balaban J connectivity index is 2.28. The van der Waals surface area contributed by atoms with Gasteiger partial charge in [-0.25, -0.2) is 0 Å². The molecule has 0 saturated heterocycles. The topological polar surface area (TPSA) is 74.6 Å². The van der Waals surface area contributed by atoms with Crippen molar-refractivity contribution in [3.8, 4) is 0 Å². The molecule has 0 spiro atoms. The summed E-state index contributed by atoms with van der Waals surface area (Å²) in [6, 6.07) is 0. The first-order valence-electron chi connectivity index (χ1n) is 9.65. The van der Waals surface area contributed by atoms with Crippen LogP contribution in [-0.2, 0) is 9.59 Å². The zero-order valence-electron chi connectivity index (χ0n) is 15.1. The smallest absolute Gasteiger partial charge is 0.303 e. The molecular formula is C20H34O4. The number of carbonyl (C=O) groups excluding carboxylic acids is 1. The minimum Gasteiger partial charge on any atom is -0.481 e. The number of ketones is 1. The number of hydrogen-bond acceptors (Lipinski definition) is 3. The molecule has 3 atom stereocenters. The van der Waals surface area contributed by atoms with Crippen LogP contribution in [0, 0.1) is 11.8 Å². The number of Topliss-reactive ketones (excluding diaryl/α,β-unsaturated/α-hetero) is 1. The fraction of sp³-hybridized carbons (Fsp3) is 0.800. The van der Waals surface area contributed by atoms with Crippen LogP contribution in [0.2, 0.25) is 0 Å². The number of hydrogen-bond donors (Lipinski definition) is 2. The lowest BCUT2D eigenvalue weighted by molar-refractivity contribution is -0.137. The highest BCUT2D eigenvalue weighted by Crippen LogP contribution is 2.34. The Morgan fingerprint density at radius 1 is 1.21 bits per heavy atom. The van der Waals surface area contributed by atoms with Crippen LogP contribution < -0.4 is 0 Å². The van der Waals surface area contributed by atoms with Crippen molar-refractivity contribution in [2.24, 2.45) is 11.8 Å². The first-order valence-corrected chi connectivity index (χ1v) is 9.65. The number of aliphatic hydroxyl groups is 1. The molecule has 0 aromatic heterocycles. The van der Waals surface area contributed by atoms with E-state index in [1.807, 2.05) is 6.08 Å². The Bertz CT molecular complexity index is 402. The quantitative estimate of drug-likeness (QED) is 0.383. The molecule has 0 aromatic rings. The Morgan fingerprint density at radius 3 is 2.67 bits per heavy atom. The van der Waals surface area contributed by atoms with E-state index >= 15 is 0 Å². The van der Waals surface area contributed by atoms with Crippen LogP contribution in [-0.4, -0.2) is 28.1 Å². The van der Waals surface area contributed by atoms with Crippen molar-refractivity contribution in [2.75, 3.05) is 0 Å². The molecule has 0 bridgehead atoms. The number of unbranched alkanes of at least 4 members (excludes halogenated alkanes) is 5. The van der Waals surface area contributed by atoms with Gasteiger partial charge in [-0.15, -0.1) is 0 Å². The highest BCUT2D eigenvalue weighted by molar-refractivity contribution is 5.83. The van der Waals surface area contributed by atoms with Gasteiger partial charge in [0.05, 0.1) is 6.10 Å². The molecule has 24 heavy (non-hydrogen) atoms. The van der Waals surface area contributed by atoms with Gasteiger partial charge in [-0.3, -0.25) is 9.59 Å². The van der Waals surface area contributed by atoms with E-state index in [2.05, 4.69) is 13.0 Å². The molecule has 138 valence electrons. The molecule has 1 aliphatic rings. The molecule has 0 aromatic carbocycles. The molecule has 4 nitrogen and oxygen atoms in total. The molecule has 0 aliphatic heterocycles. The number of aliphatic hydroxyl groups excluding tert-OH is 1. The minimum absolute atomic E-state index is 0.101. The maximum absolute atomic E-state index is 12.1. The predicted octanol–water partition coefficient (Wildman–Crippen LogP) is 4.50. The van der Waals surface area contributed by atoms with Crippen molar-refractivity contribution in [1.29, 1.82) is 0 Å². The van der Waals surface area contributed by atoms with Crippen molar-refractivity contribution >= 4 is 11.8 Å². The van der Waals surface area contributed by atoms with Crippen LogP contribution in [0.15, 0.2) is 12.2 Å². The van der Waals surface area contributed by atoms with Crippen LogP contribution in [0.25, 0.3) is 0 Å². The van der Waals surface area contributed by atoms with E-state index in [1.54, 1.807) is 0 Å². The Labute approximate surface area is 146 Å². The molecule has 2 N–H and O–H groups in total. The molecule has 0 radical (unpaired) electrons. The Hall–Kier alpha value is -1.16. The van der Waals surface area contributed by atoms with Gasteiger partial charge >= 0.3 is 5.97 Å². The first kappa shape index (κ1) is 20.9. The second-order valence-electron chi connectivity index (χ2n) is 7.07. The van der Waals surface area contributed by atoms with Crippen LogP contribution >= 0.6 is 0 Å². The lowest BCUT2D eigenvalue weighted by atomic mass is 9.89. The number of allylic oxidation sites excluding steroid dienone is 1. The zero-order chi connectivity index (χ0) is 17.8. The molecule has 0 amide bonds. The Kier molecular flexibility index (Phi) is 10.6. The van der Waals surface area contributed by atoms with E-state index in [1.165, 1.54) is 0 Å². The molecule has 1 fully saturated rings. The van der Waals surface area contributed by atoms with Crippen molar-refractivity contribution in [3.05, 3.63) is 12.2 Å². The lowest BCUT2D eigenvalue weighted by Gasteiger charge is -2.15. The SMILES string of the molecule is CCCCCC(O)/C=C/[C@H]1CCC(=O)[C@@H]1CCCCCCC(=O)O. The van der Waals surface area contributed by atoms with Crippen molar-refractivity contribution in [2.45, 2.75) is 90.1 Å². The minimum atomic E-state index is -0.733. The Morgan fingerprint density at radius 2 is 1.96 bits per heavy atom. The molecule has 0 heterocycles. The van der Waals surface area contributed by atoms with Gasteiger partial charge in [0.25, 0.3) is 0 Å². The van der Waals surface area contributed by atoms with Gasteiger partial charge in [0.15, 0.2) is 0 Å². The van der Waals surface area contributed by atoms with Gasteiger partial charge in [-0.05, 0) is 31.6 Å². The molecule has 1 rings (SSSR count). The predicted molar refractivity (Wildman–Crippen MR) is 95.8 cm³/mol. The van der Waals surface area contributed by atoms with Gasteiger partial charge < -0.3 is 10.2 Å². The number of carboxylic acids is 1. The molecule has 1 unspecified atom stereocenters. The second-order valence-corrected chi connectivity index (χ2v) is 7.07. The van der Waals surface area contributed by atoms with Crippen LogP contribution in [0.4, 0.5) is 0 Å². The number of rotatable bonds is 13. The van der Waals surface area contributed by atoms with Crippen molar-refractivity contribution < 1.29 is 19.8 Å². The van der Waals surface area contributed by atoms with Gasteiger partial charge in [-0.2, -0.15) is 0 Å². The zero-order valence-corrected chi connectivity index (χ0v) is 15.1. The van der Waals surface area contributed by atoms with E-state index in [0.717, 1.165) is 64.2 Å². The highest BCUT2D eigenvalue weighted by atomic mass is 16.4. The summed E-state index contributed by atoms with van der Waals surface area (Å²) in [7, 11) is 0. The van der Waals surface area contributed by atoms with E-state index in [-0.39, 0.29) is 24.4 Å². The summed E-state index contributed by atoms with van der Waals surface area (Å²) in [6.45, 7) is 2.15. The summed E-state index contributed by atoms with van der Waals surface area (Å²) >= 11 is 0. The molecule has 1 aliphatic carbocycles. The molecule has 1 saturated carbocycles. The van der Waals surface area contributed by atoms with Gasteiger partial charge in [0, 0.05) is 18.8 Å². The molecular weight excluding hydrogens is 304 g/mol. The summed E-state index contributed by atoms with van der Waals surface area (Å²) in [5.41, 5.74) is 0. The summed E-state index contributed by atoms with van der Waals surface area (Å²) in [5, 5.41) is 18.6.